The zero-order valence-corrected chi connectivity index (χ0v) is 15.0. The number of methoxy groups -OCH3 is 1. The van der Waals surface area contributed by atoms with Crippen LogP contribution in [0.4, 0.5) is 11.5 Å². The zero-order valence-electron chi connectivity index (χ0n) is 13.4. The van der Waals surface area contributed by atoms with Crippen molar-refractivity contribution in [2.75, 3.05) is 25.3 Å². The molecule has 0 aliphatic heterocycles. The first kappa shape index (κ1) is 17.7. The number of ether oxygens (including phenoxy) is 1. The first-order chi connectivity index (χ1) is 10.7. The molecule has 0 aliphatic carbocycles. The Balaban J connectivity index is 2.31. The second kappa shape index (κ2) is 6.86. The molecule has 0 bridgehead atoms. The number of aryl methyl sites for hydroxylation is 1. The summed E-state index contributed by atoms with van der Waals surface area (Å²) in [7, 11) is -1.71. The molecule has 2 aromatic heterocycles. The molecule has 0 saturated carbocycles. The smallest absolute Gasteiger partial charge is 0.177 e. The van der Waals surface area contributed by atoms with Crippen LogP contribution in [0.5, 0.6) is 0 Å². The van der Waals surface area contributed by atoms with Crippen LogP contribution in [-0.2, 0) is 21.1 Å². The number of hydrogen-bond donors (Lipinski definition) is 1. The van der Waals surface area contributed by atoms with Gasteiger partial charge in [-0.2, -0.15) is 5.10 Å². The van der Waals surface area contributed by atoms with Crippen molar-refractivity contribution >= 4 is 32.9 Å². The number of pyridine rings is 1. The Labute approximate surface area is 140 Å². The van der Waals surface area contributed by atoms with E-state index in [4.69, 9.17) is 16.3 Å². The molecule has 0 spiro atoms. The molecule has 0 amide bonds. The van der Waals surface area contributed by atoms with Crippen molar-refractivity contribution in [1.29, 1.82) is 0 Å². The summed E-state index contributed by atoms with van der Waals surface area (Å²) in [5.41, 5.74) is 2.51. The second-order valence-corrected chi connectivity index (χ2v) is 7.58. The number of halogens is 1. The lowest BCUT2D eigenvalue weighted by molar-refractivity contribution is 0.182. The molecule has 2 aromatic rings. The molecule has 0 unspecified atom stereocenters. The van der Waals surface area contributed by atoms with E-state index in [9.17, 15) is 8.42 Å². The molecule has 23 heavy (non-hydrogen) atoms. The standard InChI is InChI=1S/C14H19ClN4O3S/c1-9-13(10(2)19(18-9)5-6-22-3)17-14-12(15)7-11(8-16-14)23(4,20)21/h7-8H,5-6H2,1-4H3,(H,16,17). The molecule has 2 heterocycles. The lowest BCUT2D eigenvalue weighted by Gasteiger charge is -2.09. The Morgan fingerprint density at radius 3 is 2.65 bits per heavy atom. The predicted octanol–water partition coefficient (Wildman–Crippen LogP) is 2.34. The molecule has 0 radical (unpaired) electrons. The average Bonchev–Trinajstić information content (AvgIpc) is 2.73. The van der Waals surface area contributed by atoms with E-state index in [0.29, 0.717) is 19.0 Å². The summed E-state index contributed by atoms with van der Waals surface area (Å²) in [5.74, 6) is 0.386. The van der Waals surface area contributed by atoms with Crippen molar-refractivity contribution in [3.63, 3.8) is 0 Å². The maximum atomic E-state index is 11.5. The molecule has 0 atom stereocenters. The summed E-state index contributed by atoms with van der Waals surface area (Å²) >= 11 is 6.14. The van der Waals surface area contributed by atoms with E-state index < -0.39 is 9.84 Å². The number of aromatic nitrogens is 3. The minimum atomic E-state index is -3.34. The SMILES string of the molecule is COCCn1nc(C)c(Nc2ncc(S(C)(=O)=O)cc2Cl)c1C. The number of nitrogens with one attached hydrogen (secondary N) is 1. The Bertz CT molecular complexity index is 818. The van der Waals surface area contributed by atoms with E-state index in [1.807, 2.05) is 18.5 Å². The van der Waals surface area contributed by atoms with E-state index in [1.54, 1.807) is 7.11 Å². The molecule has 0 aliphatic rings. The number of anilines is 2. The van der Waals surface area contributed by atoms with Crippen LogP contribution in [0, 0.1) is 13.8 Å². The molecule has 126 valence electrons. The van der Waals surface area contributed by atoms with Crippen molar-refractivity contribution < 1.29 is 13.2 Å². The van der Waals surface area contributed by atoms with Gasteiger partial charge in [-0.1, -0.05) is 11.6 Å². The van der Waals surface area contributed by atoms with Gasteiger partial charge in [0.25, 0.3) is 0 Å². The summed E-state index contributed by atoms with van der Waals surface area (Å²) < 4.78 is 29.9. The topological polar surface area (TPSA) is 86.1 Å². The Morgan fingerprint density at radius 1 is 1.39 bits per heavy atom. The lowest BCUT2D eigenvalue weighted by Crippen LogP contribution is -2.08. The maximum absolute atomic E-state index is 11.5. The van der Waals surface area contributed by atoms with Crippen molar-refractivity contribution in [1.82, 2.24) is 14.8 Å². The van der Waals surface area contributed by atoms with Crippen LogP contribution in [0.1, 0.15) is 11.4 Å². The minimum Gasteiger partial charge on any atom is -0.383 e. The van der Waals surface area contributed by atoms with Crippen LogP contribution >= 0.6 is 11.6 Å². The van der Waals surface area contributed by atoms with E-state index in [0.717, 1.165) is 23.3 Å². The minimum absolute atomic E-state index is 0.0808. The normalized spacial score (nSPS) is 11.7. The van der Waals surface area contributed by atoms with Gasteiger partial charge in [0.05, 0.1) is 40.1 Å². The van der Waals surface area contributed by atoms with Gasteiger partial charge in [-0.15, -0.1) is 0 Å². The summed E-state index contributed by atoms with van der Waals surface area (Å²) in [5, 5.41) is 7.79. The van der Waals surface area contributed by atoms with Gasteiger partial charge in [-0.05, 0) is 19.9 Å². The van der Waals surface area contributed by atoms with Crippen LogP contribution in [0.25, 0.3) is 0 Å². The monoisotopic (exact) mass is 358 g/mol. The van der Waals surface area contributed by atoms with Gasteiger partial charge in [-0.3, -0.25) is 4.68 Å². The van der Waals surface area contributed by atoms with E-state index in [1.165, 1.54) is 12.3 Å². The van der Waals surface area contributed by atoms with Crippen LogP contribution in [0.2, 0.25) is 5.02 Å². The van der Waals surface area contributed by atoms with Gasteiger partial charge < -0.3 is 10.1 Å². The summed E-state index contributed by atoms with van der Waals surface area (Å²) in [4.78, 5) is 4.19. The molecule has 1 N–H and O–H groups in total. The fourth-order valence-corrected chi connectivity index (χ4v) is 2.96. The second-order valence-electron chi connectivity index (χ2n) is 5.16. The highest BCUT2D eigenvalue weighted by molar-refractivity contribution is 7.90. The molecule has 0 aromatic carbocycles. The van der Waals surface area contributed by atoms with Crippen molar-refractivity contribution in [3.8, 4) is 0 Å². The van der Waals surface area contributed by atoms with Gasteiger partial charge >= 0.3 is 0 Å². The van der Waals surface area contributed by atoms with Crippen molar-refractivity contribution in [3.05, 3.63) is 28.7 Å². The highest BCUT2D eigenvalue weighted by Crippen LogP contribution is 2.28. The average molecular weight is 359 g/mol. The summed E-state index contributed by atoms with van der Waals surface area (Å²) in [6, 6.07) is 1.38. The number of nitrogens with zero attached hydrogens (tertiary/aromatic N) is 3. The van der Waals surface area contributed by atoms with E-state index in [-0.39, 0.29) is 9.92 Å². The fourth-order valence-electron chi connectivity index (χ4n) is 2.11. The molecule has 2 rings (SSSR count). The Hall–Kier alpha value is -1.64. The third-order valence-corrected chi connectivity index (χ3v) is 4.74. The number of sulfone groups is 1. The van der Waals surface area contributed by atoms with E-state index >= 15 is 0 Å². The van der Waals surface area contributed by atoms with Crippen LogP contribution in [-0.4, -0.2) is 43.2 Å². The molecule has 0 saturated heterocycles. The summed E-state index contributed by atoms with van der Waals surface area (Å²) in [6.07, 6.45) is 2.39. The van der Waals surface area contributed by atoms with Crippen LogP contribution in [0.3, 0.4) is 0 Å². The first-order valence-electron chi connectivity index (χ1n) is 6.89. The van der Waals surface area contributed by atoms with E-state index in [2.05, 4.69) is 15.4 Å². The number of hydrogen-bond acceptors (Lipinski definition) is 6. The summed E-state index contributed by atoms with van der Waals surface area (Å²) in [6.45, 7) is 5.00. The Morgan fingerprint density at radius 2 is 2.09 bits per heavy atom. The fraction of sp³-hybridized carbons (Fsp3) is 0.429. The van der Waals surface area contributed by atoms with Crippen LogP contribution in [0.15, 0.2) is 17.2 Å². The molecule has 7 nitrogen and oxygen atoms in total. The quantitative estimate of drug-likeness (QED) is 0.853. The predicted molar refractivity (Wildman–Crippen MR) is 89.2 cm³/mol. The largest absolute Gasteiger partial charge is 0.383 e. The van der Waals surface area contributed by atoms with Gasteiger partial charge in [-0.25, -0.2) is 13.4 Å². The van der Waals surface area contributed by atoms with Gasteiger partial charge in [0.2, 0.25) is 0 Å². The molecule has 9 heteroatoms. The third kappa shape index (κ3) is 4.01. The lowest BCUT2D eigenvalue weighted by atomic mass is 10.3. The molecular weight excluding hydrogens is 340 g/mol. The zero-order chi connectivity index (χ0) is 17.2. The van der Waals surface area contributed by atoms with Gasteiger partial charge in [0.1, 0.15) is 5.82 Å². The highest BCUT2D eigenvalue weighted by Gasteiger charge is 2.15. The van der Waals surface area contributed by atoms with Crippen LogP contribution < -0.4 is 5.32 Å². The Kier molecular flexibility index (Phi) is 5.28. The third-order valence-electron chi connectivity index (χ3n) is 3.38. The van der Waals surface area contributed by atoms with Gasteiger partial charge in [0, 0.05) is 19.6 Å². The van der Waals surface area contributed by atoms with Crippen molar-refractivity contribution in [2.45, 2.75) is 25.3 Å². The number of rotatable bonds is 6. The first-order valence-corrected chi connectivity index (χ1v) is 9.16. The molecule has 0 fully saturated rings. The van der Waals surface area contributed by atoms with Crippen molar-refractivity contribution in [2.24, 2.45) is 0 Å². The molecular formula is C14H19ClN4O3S. The highest BCUT2D eigenvalue weighted by atomic mass is 35.5. The van der Waals surface area contributed by atoms with Gasteiger partial charge in [0.15, 0.2) is 9.84 Å². The maximum Gasteiger partial charge on any atom is 0.177 e.